The number of rotatable bonds is 2. The highest BCUT2D eigenvalue weighted by Gasteiger charge is 2.42. The van der Waals surface area contributed by atoms with Crippen molar-refractivity contribution in [1.29, 1.82) is 0 Å². The molecule has 94 valence electrons. The Morgan fingerprint density at radius 3 is 3.06 bits per heavy atom. The van der Waals surface area contributed by atoms with Crippen molar-refractivity contribution in [3.05, 3.63) is 9.98 Å². The minimum absolute atomic E-state index is 0.0599. The fraction of sp³-hybridized carbons (Fsp3) is 0.727. The van der Waals surface area contributed by atoms with Gasteiger partial charge in [0.05, 0.1) is 12.2 Å². The van der Waals surface area contributed by atoms with E-state index in [0.29, 0.717) is 6.61 Å². The van der Waals surface area contributed by atoms with Crippen LogP contribution < -0.4 is 10.1 Å². The standard InChI is InChI=1S/C11H15BrN2O2S/c12-9-7-17-10(14-9)16-8-5-11(15-6-8)1-3-13-4-2-11/h7-8,13H,1-6H2. The molecule has 2 aliphatic rings. The summed E-state index contributed by atoms with van der Waals surface area (Å²) in [5, 5.41) is 6.04. The van der Waals surface area contributed by atoms with Gasteiger partial charge in [-0.15, -0.1) is 0 Å². The highest BCUT2D eigenvalue weighted by Crippen LogP contribution is 2.36. The van der Waals surface area contributed by atoms with Gasteiger partial charge in [0.2, 0.25) is 0 Å². The van der Waals surface area contributed by atoms with Crippen molar-refractivity contribution in [2.75, 3.05) is 19.7 Å². The lowest BCUT2D eigenvalue weighted by Gasteiger charge is -2.32. The van der Waals surface area contributed by atoms with E-state index >= 15 is 0 Å². The van der Waals surface area contributed by atoms with Crippen molar-refractivity contribution < 1.29 is 9.47 Å². The van der Waals surface area contributed by atoms with Crippen molar-refractivity contribution in [3.8, 4) is 5.19 Å². The van der Waals surface area contributed by atoms with E-state index in [9.17, 15) is 0 Å². The van der Waals surface area contributed by atoms with E-state index < -0.39 is 0 Å². The molecule has 2 saturated heterocycles. The van der Waals surface area contributed by atoms with Gasteiger partial charge in [0.1, 0.15) is 10.7 Å². The lowest BCUT2D eigenvalue weighted by atomic mass is 9.89. The van der Waals surface area contributed by atoms with Gasteiger partial charge in [-0.05, 0) is 41.9 Å². The second kappa shape index (κ2) is 4.84. The molecule has 3 heterocycles. The maximum Gasteiger partial charge on any atom is 0.274 e. The number of hydrogen-bond donors (Lipinski definition) is 1. The lowest BCUT2D eigenvalue weighted by Crippen LogP contribution is -2.41. The first kappa shape index (κ1) is 11.9. The largest absolute Gasteiger partial charge is 0.464 e. The number of piperidine rings is 1. The first-order valence-corrected chi connectivity index (χ1v) is 7.55. The van der Waals surface area contributed by atoms with Crippen LogP contribution in [0.4, 0.5) is 0 Å². The van der Waals surface area contributed by atoms with Crippen LogP contribution in [-0.2, 0) is 4.74 Å². The first-order chi connectivity index (χ1) is 8.26. The highest BCUT2D eigenvalue weighted by molar-refractivity contribution is 9.10. The molecule has 1 atom stereocenters. The summed E-state index contributed by atoms with van der Waals surface area (Å²) < 4.78 is 12.7. The van der Waals surface area contributed by atoms with Gasteiger partial charge in [-0.1, -0.05) is 11.3 Å². The maximum absolute atomic E-state index is 5.97. The second-order valence-corrected chi connectivity index (χ2v) is 6.26. The smallest absolute Gasteiger partial charge is 0.274 e. The SMILES string of the molecule is Brc1csc(OC2COC3(CCNCC3)C2)n1. The highest BCUT2D eigenvalue weighted by atomic mass is 79.9. The molecular weight excluding hydrogens is 304 g/mol. The van der Waals surface area contributed by atoms with E-state index in [1.807, 2.05) is 5.38 Å². The van der Waals surface area contributed by atoms with Crippen LogP contribution >= 0.6 is 27.3 Å². The number of halogens is 1. The molecule has 2 aliphatic heterocycles. The molecule has 1 aromatic rings. The van der Waals surface area contributed by atoms with Gasteiger partial charge in [0, 0.05) is 11.8 Å². The fourth-order valence-electron chi connectivity index (χ4n) is 2.54. The molecule has 0 aliphatic carbocycles. The van der Waals surface area contributed by atoms with Gasteiger partial charge in [-0.2, -0.15) is 4.98 Å². The number of aromatic nitrogens is 1. The van der Waals surface area contributed by atoms with Gasteiger partial charge >= 0.3 is 0 Å². The fourth-order valence-corrected chi connectivity index (χ4v) is 3.70. The van der Waals surface area contributed by atoms with Crippen molar-refractivity contribution >= 4 is 27.3 Å². The Labute approximate surface area is 113 Å². The third kappa shape index (κ3) is 2.65. The van der Waals surface area contributed by atoms with Crippen LogP contribution in [0.5, 0.6) is 5.19 Å². The summed E-state index contributed by atoms with van der Waals surface area (Å²) in [6, 6.07) is 0. The monoisotopic (exact) mass is 318 g/mol. The third-order valence-corrected chi connectivity index (χ3v) is 4.85. The number of ether oxygens (including phenoxy) is 2. The first-order valence-electron chi connectivity index (χ1n) is 5.88. The Morgan fingerprint density at radius 1 is 1.53 bits per heavy atom. The van der Waals surface area contributed by atoms with Crippen LogP contribution in [0.3, 0.4) is 0 Å². The second-order valence-electron chi connectivity index (χ2n) is 4.62. The van der Waals surface area contributed by atoms with Gasteiger partial charge in [0.25, 0.3) is 5.19 Å². The summed E-state index contributed by atoms with van der Waals surface area (Å²) in [4.78, 5) is 4.25. The van der Waals surface area contributed by atoms with Crippen molar-refractivity contribution in [2.24, 2.45) is 0 Å². The van der Waals surface area contributed by atoms with Crippen LogP contribution in [0, 0.1) is 0 Å². The summed E-state index contributed by atoms with van der Waals surface area (Å²) in [5.41, 5.74) is 0.0599. The molecule has 0 bridgehead atoms. The van der Waals surface area contributed by atoms with E-state index in [4.69, 9.17) is 9.47 Å². The molecule has 0 saturated carbocycles. The van der Waals surface area contributed by atoms with Crippen molar-refractivity contribution in [3.63, 3.8) is 0 Å². The van der Waals surface area contributed by atoms with Crippen molar-refractivity contribution in [2.45, 2.75) is 31.0 Å². The average Bonchev–Trinajstić information content (AvgIpc) is 2.89. The Morgan fingerprint density at radius 2 is 2.35 bits per heavy atom. The molecule has 0 radical (unpaired) electrons. The van der Waals surface area contributed by atoms with Crippen LogP contribution in [0.1, 0.15) is 19.3 Å². The predicted octanol–water partition coefficient (Wildman–Crippen LogP) is 2.20. The molecule has 3 rings (SSSR count). The molecule has 17 heavy (non-hydrogen) atoms. The zero-order valence-electron chi connectivity index (χ0n) is 9.45. The van der Waals surface area contributed by atoms with Crippen LogP contribution in [0.15, 0.2) is 9.98 Å². The molecule has 1 unspecified atom stereocenters. The maximum atomic E-state index is 5.97. The summed E-state index contributed by atoms with van der Waals surface area (Å²) in [6.07, 6.45) is 3.33. The quantitative estimate of drug-likeness (QED) is 0.907. The van der Waals surface area contributed by atoms with Gasteiger partial charge in [0.15, 0.2) is 0 Å². The molecule has 4 nitrogen and oxygen atoms in total. The zero-order valence-corrected chi connectivity index (χ0v) is 11.8. The van der Waals surface area contributed by atoms with E-state index in [1.165, 1.54) is 11.3 Å². The van der Waals surface area contributed by atoms with E-state index in [2.05, 4.69) is 26.2 Å². The van der Waals surface area contributed by atoms with Crippen molar-refractivity contribution in [1.82, 2.24) is 10.3 Å². The summed E-state index contributed by atoms with van der Waals surface area (Å²) in [6.45, 7) is 2.79. The number of thiazole rings is 1. The Balaban J connectivity index is 1.60. The minimum atomic E-state index is 0.0599. The van der Waals surface area contributed by atoms with Crippen LogP contribution in [0.2, 0.25) is 0 Å². The lowest BCUT2D eigenvalue weighted by molar-refractivity contribution is -0.0205. The molecular formula is C11H15BrN2O2S. The van der Waals surface area contributed by atoms with Gasteiger partial charge in [-0.3, -0.25) is 0 Å². The third-order valence-electron chi connectivity index (χ3n) is 3.41. The predicted molar refractivity (Wildman–Crippen MR) is 69.6 cm³/mol. The molecule has 1 N–H and O–H groups in total. The van der Waals surface area contributed by atoms with Crippen LogP contribution in [-0.4, -0.2) is 36.4 Å². The number of nitrogens with one attached hydrogen (secondary N) is 1. The number of nitrogens with zero attached hydrogens (tertiary/aromatic N) is 1. The molecule has 2 fully saturated rings. The Kier molecular flexibility index (Phi) is 3.38. The van der Waals surface area contributed by atoms with Gasteiger partial charge < -0.3 is 14.8 Å². The van der Waals surface area contributed by atoms with Crippen LogP contribution in [0.25, 0.3) is 0 Å². The number of hydrogen-bond acceptors (Lipinski definition) is 5. The van der Waals surface area contributed by atoms with E-state index in [1.54, 1.807) is 0 Å². The normalized spacial score (nSPS) is 27.5. The Bertz CT molecular complexity index is 393. The van der Waals surface area contributed by atoms with E-state index in [-0.39, 0.29) is 11.7 Å². The van der Waals surface area contributed by atoms with E-state index in [0.717, 1.165) is 42.1 Å². The summed E-state index contributed by atoms with van der Waals surface area (Å²) >= 11 is 4.85. The molecule has 1 spiro atoms. The molecule has 1 aromatic heterocycles. The molecule has 6 heteroatoms. The average molecular weight is 319 g/mol. The summed E-state index contributed by atoms with van der Waals surface area (Å²) in [7, 11) is 0. The topological polar surface area (TPSA) is 43.4 Å². The molecule has 0 aromatic carbocycles. The summed E-state index contributed by atoms with van der Waals surface area (Å²) in [5.74, 6) is 0. The zero-order chi connectivity index (χ0) is 11.7. The van der Waals surface area contributed by atoms with Gasteiger partial charge in [-0.25, -0.2) is 0 Å². The molecule has 0 amide bonds. The minimum Gasteiger partial charge on any atom is -0.464 e. The Hall–Kier alpha value is -0.170.